The van der Waals surface area contributed by atoms with Crippen LogP contribution in [-0.2, 0) is 16.1 Å². The lowest BCUT2D eigenvalue weighted by atomic mass is 9.91. The minimum Gasteiger partial charge on any atom is -0.494 e. The molecule has 2 rings (SSSR count). The number of carbonyl (C=O) groups is 1. The SMILES string of the molecule is CCCOc1ccc(CN2CCC(O)(C(=O)OCC)CC2)cc1. The number of rotatable bonds is 7. The fourth-order valence-corrected chi connectivity index (χ4v) is 2.72. The Morgan fingerprint density at radius 2 is 1.87 bits per heavy atom. The summed E-state index contributed by atoms with van der Waals surface area (Å²) in [6.07, 6.45) is 1.84. The molecule has 1 fully saturated rings. The quantitative estimate of drug-likeness (QED) is 0.781. The van der Waals surface area contributed by atoms with E-state index in [1.165, 1.54) is 5.56 Å². The van der Waals surface area contributed by atoms with E-state index < -0.39 is 11.6 Å². The summed E-state index contributed by atoms with van der Waals surface area (Å²) in [6, 6.07) is 8.11. The van der Waals surface area contributed by atoms with Gasteiger partial charge < -0.3 is 14.6 Å². The number of carbonyl (C=O) groups excluding carboxylic acids is 1. The van der Waals surface area contributed by atoms with Crippen LogP contribution in [0.15, 0.2) is 24.3 Å². The summed E-state index contributed by atoms with van der Waals surface area (Å²) >= 11 is 0. The van der Waals surface area contributed by atoms with Gasteiger partial charge in [-0.3, -0.25) is 4.90 Å². The van der Waals surface area contributed by atoms with Crippen LogP contribution >= 0.6 is 0 Å². The highest BCUT2D eigenvalue weighted by Crippen LogP contribution is 2.25. The summed E-state index contributed by atoms with van der Waals surface area (Å²) in [4.78, 5) is 14.0. The first-order chi connectivity index (χ1) is 11.1. The molecule has 23 heavy (non-hydrogen) atoms. The number of ether oxygens (including phenoxy) is 2. The lowest BCUT2D eigenvalue weighted by Gasteiger charge is -2.36. The highest BCUT2D eigenvalue weighted by Gasteiger charge is 2.40. The minimum atomic E-state index is -1.32. The summed E-state index contributed by atoms with van der Waals surface area (Å²) in [5, 5.41) is 10.4. The summed E-state index contributed by atoms with van der Waals surface area (Å²) in [5.41, 5.74) is -0.111. The van der Waals surface area contributed by atoms with Crippen molar-refractivity contribution >= 4 is 5.97 Å². The van der Waals surface area contributed by atoms with Crippen LogP contribution in [-0.4, -0.2) is 47.9 Å². The summed E-state index contributed by atoms with van der Waals surface area (Å²) in [5.74, 6) is 0.406. The molecule has 5 heteroatoms. The number of piperidine rings is 1. The van der Waals surface area contributed by atoms with Gasteiger partial charge in [0.25, 0.3) is 0 Å². The molecule has 0 radical (unpaired) electrons. The third-order valence-electron chi connectivity index (χ3n) is 4.14. The van der Waals surface area contributed by atoms with Gasteiger partial charge >= 0.3 is 5.97 Å². The Balaban J connectivity index is 1.83. The first-order valence-corrected chi connectivity index (χ1v) is 8.41. The standard InChI is InChI=1S/C18H27NO4/c1-3-13-23-16-7-5-15(6-8-16)14-19-11-9-18(21,10-12-19)17(20)22-4-2/h5-8,21H,3-4,9-14H2,1-2H3. The summed E-state index contributed by atoms with van der Waals surface area (Å²) in [6.45, 7) is 7.06. The zero-order valence-electron chi connectivity index (χ0n) is 14.1. The van der Waals surface area contributed by atoms with E-state index in [2.05, 4.69) is 24.0 Å². The fourth-order valence-electron chi connectivity index (χ4n) is 2.72. The second kappa shape index (κ2) is 8.31. The van der Waals surface area contributed by atoms with E-state index >= 15 is 0 Å². The van der Waals surface area contributed by atoms with Crippen LogP contribution in [0.2, 0.25) is 0 Å². The Morgan fingerprint density at radius 1 is 1.22 bits per heavy atom. The zero-order valence-corrected chi connectivity index (χ0v) is 14.1. The maximum absolute atomic E-state index is 11.8. The molecule has 5 nitrogen and oxygen atoms in total. The molecule has 1 aromatic rings. The van der Waals surface area contributed by atoms with Gasteiger partial charge in [0.15, 0.2) is 5.60 Å². The molecule has 128 valence electrons. The second-order valence-corrected chi connectivity index (χ2v) is 6.02. The van der Waals surface area contributed by atoms with Gasteiger partial charge in [-0.05, 0) is 43.9 Å². The van der Waals surface area contributed by atoms with E-state index in [0.29, 0.717) is 32.5 Å². The van der Waals surface area contributed by atoms with Gasteiger partial charge in [0, 0.05) is 19.6 Å². The van der Waals surface area contributed by atoms with Crippen molar-refractivity contribution in [3.63, 3.8) is 0 Å². The molecule has 1 aliphatic rings. The first-order valence-electron chi connectivity index (χ1n) is 8.41. The molecule has 0 bridgehead atoms. The number of hydrogen-bond acceptors (Lipinski definition) is 5. The van der Waals surface area contributed by atoms with E-state index in [1.54, 1.807) is 6.92 Å². The van der Waals surface area contributed by atoms with Crippen LogP contribution in [0.1, 0.15) is 38.7 Å². The third kappa shape index (κ3) is 4.94. The smallest absolute Gasteiger partial charge is 0.338 e. The van der Waals surface area contributed by atoms with Crippen molar-refractivity contribution in [2.75, 3.05) is 26.3 Å². The van der Waals surface area contributed by atoms with Gasteiger partial charge in [-0.2, -0.15) is 0 Å². The lowest BCUT2D eigenvalue weighted by molar-refractivity contribution is -0.170. The van der Waals surface area contributed by atoms with Crippen LogP contribution in [0.3, 0.4) is 0 Å². The molecule has 0 aliphatic carbocycles. The molecule has 0 spiro atoms. The Kier molecular flexibility index (Phi) is 6.42. The van der Waals surface area contributed by atoms with Gasteiger partial charge in [0.2, 0.25) is 0 Å². The van der Waals surface area contributed by atoms with Gasteiger partial charge in [-0.25, -0.2) is 4.79 Å². The largest absolute Gasteiger partial charge is 0.494 e. The van der Waals surface area contributed by atoms with Crippen molar-refractivity contribution in [3.8, 4) is 5.75 Å². The Labute approximate surface area is 138 Å². The first kappa shape index (κ1) is 17.8. The monoisotopic (exact) mass is 321 g/mol. The van der Waals surface area contributed by atoms with Crippen molar-refractivity contribution in [1.29, 1.82) is 0 Å². The number of esters is 1. The molecular formula is C18H27NO4. The number of nitrogens with zero attached hydrogens (tertiary/aromatic N) is 1. The van der Waals surface area contributed by atoms with Crippen molar-refractivity contribution < 1.29 is 19.4 Å². The minimum absolute atomic E-state index is 0.303. The maximum atomic E-state index is 11.8. The molecule has 0 amide bonds. The van der Waals surface area contributed by atoms with Crippen molar-refractivity contribution in [3.05, 3.63) is 29.8 Å². The van der Waals surface area contributed by atoms with Gasteiger partial charge in [0.05, 0.1) is 13.2 Å². The van der Waals surface area contributed by atoms with E-state index in [4.69, 9.17) is 9.47 Å². The summed E-state index contributed by atoms with van der Waals surface area (Å²) in [7, 11) is 0. The number of benzene rings is 1. The van der Waals surface area contributed by atoms with Crippen molar-refractivity contribution in [2.24, 2.45) is 0 Å². The topological polar surface area (TPSA) is 59.0 Å². The molecule has 0 saturated carbocycles. The molecule has 1 aliphatic heterocycles. The average molecular weight is 321 g/mol. The molecule has 1 N–H and O–H groups in total. The van der Waals surface area contributed by atoms with Crippen molar-refractivity contribution in [2.45, 2.75) is 45.3 Å². The van der Waals surface area contributed by atoms with E-state index in [0.717, 1.165) is 25.3 Å². The van der Waals surface area contributed by atoms with E-state index in [-0.39, 0.29) is 0 Å². The molecular weight excluding hydrogens is 294 g/mol. The van der Waals surface area contributed by atoms with E-state index in [9.17, 15) is 9.90 Å². The van der Waals surface area contributed by atoms with Gasteiger partial charge in [-0.1, -0.05) is 19.1 Å². The van der Waals surface area contributed by atoms with Crippen LogP contribution < -0.4 is 4.74 Å². The lowest BCUT2D eigenvalue weighted by Crippen LogP contribution is -2.49. The van der Waals surface area contributed by atoms with Crippen LogP contribution in [0.5, 0.6) is 5.75 Å². The number of likely N-dealkylation sites (tertiary alicyclic amines) is 1. The van der Waals surface area contributed by atoms with Gasteiger partial charge in [-0.15, -0.1) is 0 Å². The maximum Gasteiger partial charge on any atom is 0.338 e. The van der Waals surface area contributed by atoms with Crippen LogP contribution in [0, 0.1) is 0 Å². The molecule has 0 aromatic heterocycles. The molecule has 1 saturated heterocycles. The second-order valence-electron chi connectivity index (χ2n) is 6.02. The molecule has 1 aromatic carbocycles. The van der Waals surface area contributed by atoms with Crippen LogP contribution in [0.25, 0.3) is 0 Å². The zero-order chi connectivity index (χ0) is 16.7. The van der Waals surface area contributed by atoms with E-state index in [1.807, 2.05) is 12.1 Å². The predicted molar refractivity (Wildman–Crippen MR) is 88.3 cm³/mol. The number of hydrogen-bond donors (Lipinski definition) is 1. The third-order valence-corrected chi connectivity index (χ3v) is 4.14. The predicted octanol–water partition coefficient (Wildman–Crippen LogP) is 2.37. The van der Waals surface area contributed by atoms with Gasteiger partial charge in [0.1, 0.15) is 5.75 Å². The Bertz CT molecular complexity index is 492. The van der Waals surface area contributed by atoms with Crippen LogP contribution in [0.4, 0.5) is 0 Å². The average Bonchev–Trinajstić information content (AvgIpc) is 2.57. The normalized spacial score (nSPS) is 17.7. The highest BCUT2D eigenvalue weighted by atomic mass is 16.5. The molecule has 1 heterocycles. The number of aliphatic hydroxyl groups is 1. The Morgan fingerprint density at radius 3 is 2.43 bits per heavy atom. The fraction of sp³-hybridized carbons (Fsp3) is 0.611. The Hall–Kier alpha value is -1.59. The van der Waals surface area contributed by atoms with Crippen molar-refractivity contribution in [1.82, 2.24) is 4.90 Å². The molecule has 0 atom stereocenters. The summed E-state index contributed by atoms with van der Waals surface area (Å²) < 4.78 is 10.5. The molecule has 0 unspecified atom stereocenters. The highest BCUT2D eigenvalue weighted by molar-refractivity contribution is 5.79.